The number of hydrogen-bond donors (Lipinski definition) is 2. The lowest BCUT2D eigenvalue weighted by Crippen LogP contribution is -2.20. The standard InChI is InChI=1S/C23H24N4O3S2/c28-12-19(29)13-30-16-27-21-20(11-24-27)22(31-14-17-7-3-1-4-8-17)26-23(25-21)32-15-18-9-5-2-6-10-18/h1-11,19,28-29H,12-16H2. The zero-order chi connectivity index (χ0) is 22.2. The largest absolute Gasteiger partial charge is 0.394 e. The summed E-state index contributed by atoms with van der Waals surface area (Å²) in [5, 5.41) is 25.3. The number of rotatable bonds is 11. The Bertz CT molecular complexity index is 1130. The molecule has 0 radical (unpaired) electrons. The molecule has 2 heterocycles. The van der Waals surface area contributed by atoms with Crippen LogP contribution in [0.2, 0.25) is 0 Å². The molecule has 2 N–H and O–H groups in total. The van der Waals surface area contributed by atoms with Gasteiger partial charge in [-0.1, -0.05) is 72.4 Å². The molecule has 1 unspecified atom stereocenters. The topological polar surface area (TPSA) is 93.3 Å². The van der Waals surface area contributed by atoms with E-state index < -0.39 is 6.10 Å². The number of aromatic nitrogens is 4. The van der Waals surface area contributed by atoms with Gasteiger partial charge in [-0.2, -0.15) is 5.10 Å². The molecule has 0 spiro atoms. The SMILES string of the molecule is OCC(O)COCn1ncc2c(SCc3ccccc3)nc(SCc3ccccc3)nc21. The molecule has 0 aliphatic heterocycles. The van der Waals surface area contributed by atoms with Crippen LogP contribution in [0.4, 0.5) is 0 Å². The van der Waals surface area contributed by atoms with E-state index in [0.29, 0.717) is 10.8 Å². The van der Waals surface area contributed by atoms with Crippen molar-refractivity contribution in [2.24, 2.45) is 0 Å². The minimum Gasteiger partial charge on any atom is -0.394 e. The molecule has 166 valence electrons. The Morgan fingerprint density at radius 3 is 2.22 bits per heavy atom. The Labute approximate surface area is 194 Å². The molecule has 1 atom stereocenters. The molecule has 2 aromatic carbocycles. The first kappa shape index (κ1) is 22.8. The molecule has 0 amide bonds. The third-order valence-electron chi connectivity index (χ3n) is 4.60. The van der Waals surface area contributed by atoms with E-state index in [1.165, 1.54) is 11.1 Å². The molecule has 4 rings (SSSR count). The summed E-state index contributed by atoms with van der Waals surface area (Å²) in [7, 11) is 0. The second-order valence-corrected chi connectivity index (χ2v) is 8.98. The predicted octanol–water partition coefficient (Wildman–Crippen LogP) is 3.74. The number of aliphatic hydroxyl groups excluding tert-OH is 2. The van der Waals surface area contributed by atoms with Gasteiger partial charge in [0.1, 0.15) is 17.9 Å². The summed E-state index contributed by atoms with van der Waals surface area (Å²) in [6.07, 6.45) is 0.834. The highest BCUT2D eigenvalue weighted by Crippen LogP contribution is 2.31. The van der Waals surface area contributed by atoms with Crippen molar-refractivity contribution < 1.29 is 14.9 Å². The van der Waals surface area contributed by atoms with E-state index in [-0.39, 0.29) is 19.9 Å². The van der Waals surface area contributed by atoms with Gasteiger partial charge in [0.15, 0.2) is 10.8 Å². The van der Waals surface area contributed by atoms with Gasteiger partial charge in [0, 0.05) is 11.5 Å². The van der Waals surface area contributed by atoms with Crippen LogP contribution in [0, 0.1) is 0 Å². The molecule has 0 saturated heterocycles. The van der Waals surface area contributed by atoms with Crippen molar-refractivity contribution in [3.63, 3.8) is 0 Å². The van der Waals surface area contributed by atoms with Crippen molar-refractivity contribution in [1.82, 2.24) is 19.7 Å². The molecule has 0 bridgehead atoms. The Hall–Kier alpha value is -2.43. The van der Waals surface area contributed by atoms with Crippen LogP contribution in [0.1, 0.15) is 11.1 Å². The molecule has 9 heteroatoms. The highest BCUT2D eigenvalue weighted by atomic mass is 32.2. The van der Waals surface area contributed by atoms with Crippen LogP contribution in [0.5, 0.6) is 0 Å². The molecule has 7 nitrogen and oxygen atoms in total. The molecular formula is C23H24N4O3S2. The third-order valence-corrected chi connectivity index (χ3v) is 6.59. The average Bonchev–Trinajstić information content (AvgIpc) is 3.25. The summed E-state index contributed by atoms with van der Waals surface area (Å²) < 4.78 is 7.15. The molecule has 0 fully saturated rings. The van der Waals surface area contributed by atoms with E-state index in [2.05, 4.69) is 29.4 Å². The van der Waals surface area contributed by atoms with Crippen molar-refractivity contribution in [2.45, 2.75) is 34.5 Å². The molecule has 0 aliphatic rings. The van der Waals surface area contributed by atoms with E-state index in [0.717, 1.165) is 21.9 Å². The van der Waals surface area contributed by atoms with Gasteiger partial charge >= 0.3 is 0 Å². The summed E-state index contributed by atoms with van der Waals surface area (Å²) in [4.78, 5) is 9.54. The van der Waals surface area contributed by atoms with Crippen LogP contribution in [-0.4, -0.2) is 49.3 Å². The summed E-state index contributed by atoms with van der Waals surface area (Å²) in [6.45, 7) is -0.195. The number of nitrogens with zero attached hydrogens (tertiary/aromatic N) is 4. The second-order valence-electron chi connectivity index (χ2n) is 7.08. The minimum absolute atomic E-state index is 0.0220. The van der Waals surface area contributed by atoms with Crippen molar-refractivity contribution >= 4 is 34.6 Å². The van der Waals surface area contributed by atoms with E-state index in [4.69, 9.17) is 19.8 Å². The van der Waals surface area contributed by atoms with Gasteiger partial charge in [0.25, 0.3) is 0 Å². The first-order valence-electron chi connectivity index (χ1n) is 10.2. The quantitative estimate of drug-likeness (QED) is 0.195. The third kappa shape index (κ3) is 6.08. The highest BCUT2D eigenvalue weighted by Gasteiger charge is 2.15. The van der Waals surface area contributed by atoms with Crippen LogP contribution in [0.25, 0.3) is 11.0 Å². The van der Waals surface area contributed by atoms with Gasteiger partial charge in [-0.3, -0.25) is 0 Å². The lowest BCUT2D eigenvalue weighted by Gasteiger charge is -2.10. The number of ether oxygens (including phenoxy) is 1. The fourth-order valence-electron chi connectivity index (χ4n) is 2.96. The van der Waals surface area contributed by atoms with Crippen LogP contribution >= 0.6 is 23.5 Å². The fourth-order valence-corrected chi connectivity index (χ4v) is 4.75. The maximum Gasteiger partial charge on any atom is 0.191 e. The Morgan fingerprint density at radius 1 is 0.906 bits per heavy atom. The van der Waals surface area contributed by atoms with E-state index in [9.17, 15) is 5.11 Å². The molecular weight excluding hydrogens is 444 g/mol. The van der Waals surface area contributed by atoms with Gasteiger partial charge < -0.3 is 14.9 Å². The number of aliphatic hydroxyl groups is 2. The Balaban J connectivity index is 1.57. The minimum atomic E-state index is -0.916. The van der Waals surface area contributed by atoms with Crippen LogP contribution in [0.3, 0.4) is 0 Å². The van der Waals surface area contributed by atoms with E-state index >= 15 is 0 Å². The molecule has 32 heavy (non-hydrogen) atoms. The Kier molecular flexibility index (Phi) is 8.13. The maximum absolute atomic E-state index is 9.51. The van der Waals surface area contributed by atoms with E-state index in [1.807, 2.05) is 36.4 Å². The lowest BCUT2D eigenvalue weighted by molar-refractivity contribution is -0.0194. The van der Waals surface area contributed by atoms with Gasteiger partial charge in [-0.25, -0.2) is 14.6 Å². The van der Waals surface area contributed by atoms with Crippen molar-refractivity contribution in [2.75, 3.05) is 13.2 Å². The van der Waals surface area contributed by atoms with Crippen LogP contribution < -0.4 is 0 Å². The van der Waals surface area contributed by atoms with Gasteiger partial charge in [-0.15, -0.1) is 11.8 Å². The number of thioether (sulfide) groups is 2. The van der Waals surface area contributed by atoms with Gasteiger partial charge in [0.2, 0.25) is 0 Å². The zero-order valence-corrected chi connectivity index (χ0v) is 19.0. The first-order valence-corrected chi connectivity index (χ1v) is 12.1. The maximum atomic E-state index is 9.51. The van der Waals surface area contributed by atoms with Crippen molar-refractivity contribution in [3.8, 4) is 0 Å². The summed E-state index contributed by atoms with van der Waals surface area (Å²) in [5.74, 6) is 1.56. The Morgan fingerprint density at radius 2 is 1.56 bits per heavy atom. The highest BCUT2D eigenvalue weighted by molar-refractivity contribution is 7.99. The second kappa shape index (κ2) is 11.4. The normalized spacial score (nSPS) is 12.3. The molecule has 0 saturated carbocycles. The van der Waals surface area contributed by atoms with E-state index in [1.54, 1.807) is 34.4 Å². The smallest absolute Gasteiger partial charge is 0.191 e. The molecule has 4 aromatic rings. The molecule has 2 aromatic heterocycles. The monoisotopic (exact) mass is 468 g/mol. The van der Waals surface area contributed by atoms with Crippen molar-refractivity contribution in [1.29, 1.82) is 0 Å². The number of fused-ring (bicyclic) bond motifs is 1. The van der Waals surface area contributed by atoms with Crippen LogP contribution in [0.15, 0.2) is 77.0 Å². The van der Waals surface area contributed by atoms with Crippen LogP contribution in [-0.2, 0) is 23.0 Å². The van der Waals surface area contributed by atoms with Crippen molar-refractivity contribution in [3.05, 3.63) is 78.0 Å². The number of hydrogen-bond acceptors (Lipinski definition) is 8. The van der Waals surface area contributed by atoms with Gasteiger partial charge in [-0.05, 0) is 11.1 Å². The lowest BCUT2D eigenvalue weighted by atomic mass is 10.2. The van der Waals surface area contributed by atoms with Gasteiger partial charge in [0.05, 0.1) is 24.8 Å². The number of benzene rings is 2. The predicted molar refractivity (Wildman–Crippen MR) is 126 cm³/mol. The zero-order valence-electron chi connectivity index (χ0n) is 17.4. The first-order chi connectivity index (χ1) is 15.7. The average molecular weight is 469 g/mol. The summed E-state index contributed by atoms with van der Waals surface area (Å²) in [5.41, 5.74) is 3.11. The molecule has 0 aliphatic carbocycles. The summed E-state index contributed by atoms with van der Waals surface area (Å²) >= 11 is 3.23. The fraction of sp³-hybridized carbons (Fsp3) is 0.261. The summed E-state index contributed by atoms with van der Waals surface area (Å²) in [6, 6.07) is 20.5.